The molecule has 0 atom stereocenters. The Labute approximate surface area is 117 Å². The van der Waals surface area contributed by atoms with Gasteiger partial charge in [0.05, 0.1) is 0 Å². The second-order valence-corrected chi connectivity index (χ2v) is 4.23. The summed E-state index contributed by atoms with van der Waals surface area (Å²) in [6.45, 7) is 4.78. The molecule has 0 saturated carbocycles. The molecule has 0 aliphatic carbocycles. The van der Waals surface area contributed by atoms with E-state index in [2.05, 4.69) is 10.3 Å². The normalized spacial score (nSPS) is 10.4. The smallest absolute Gasteiger partial charge is 0.171 e. The summed E-state index contributed by atoms with van der Waals surface area (Å²) >= 11 is 0. The van der Waals surface area contributed by atoms with Gasteiger partial charge in [-0.3, -0.25) is 0 Å². The van der Waals surface area contributed by atoms with Crippen LogP contribution < -0.4 is 10.2 Å². The molecule has 0 bridgehead atoms. The summed E-state index contributed by atoms with van der Waals surface area (Å²) in [7, 11) is 0. The third-order valence-corrected chi connectivity index (χ3v) is 2.89. The van der Waals surface area contributed by atoms with E-state index in [1.807, 2.05) is 44.2 Å². The van der Waals surface area contributed by atoms with Gasteiger partial charge in [-0.05, 0) is 26.0 Å². The third kappa shape index (κ3) is 2.87. The third-order valence-electron chi connectivity index (χ3n) is 2.89. The number of pyridine rings is 1. The number of rotatable bonds is 5. The number of aromatic nitrogens is 1. The van der Waals surface area contributed by atoms with Gasteiger partial charge in [0.1, 0.15) is 0 Å². The average molecular weight is 277 g/mol. The van der Waals surface area contributed by atoms with Gasteiger partial charge in [0, 0.05) is 24.8 Å². The van der Waals surface area contributed by atoms with Crippen molar-refractivity contribution in [1.29, 1.82) is 0 Å². The van der Waals surface area contributed by atoms with E-state index in [4.69, 9.17) is 0 Å². The molecule has 0 radical (unpaired) electrons. The minimum absolute atomic E-state index is 0.0679. The number of hydrogen-bond acceptors (Lipinski definition) is 3. The van der Waals surface area contributed by atoms with E-state index in [9.17, 15) is 8.78 Å². The molecule has 0 aliphatic heterocycles. The maximum atomic E-state index is 14.0. The molecule has 2 rings (SSSR count). The van der Waals surface area contributed by atoms with Crippen LogP contribution in [0.15, 0.2) is 36.4 Å². The standard InChI is InChI=1S/C15H17F2N3/c1-3-18-14-12(16)10-13(17)15(19-14)20(4-2)11-8-6-5-7-9-11/h5-10H,3-4H2,1-2H3,(H,18,19). The Hall–Kier alpha value is -2.17. The van der Waals surface area contributed by atoms with Crippen LogP contribution in [0.2, 0.25) is 0 Å². The van der Waals surface area contributed by atoms with Crippen LogP contribution in [0.1, 0.15) is 13.8 Å². The van der Waals surface area contributed by atoms with Crippen molar-refractivity contribution in [2.75, 3.05) is 23.3 Å². The van der Waals surface area contributed by atoms with Crippen molar-refractivity contribution in [3.05, 3.63) is 48.0 Å². The molecule has 3 nitrogen and oxygen atoms in total. The summed E-state index contributed by atoms with van der Waals surface area (Å²) in [6, 6.07) is 10.2. The van der Waals surface area contributed by atoms with Crippen LogP contribution in [0.3, 0.4) is 0 Å². The summed E-state index contributed by atoms with van der Waals surface area (Å²) in [6.07, 6.45) is 0. The molecule has 0 saturated heterocycles. The zero-order valence-electron chi connectivity index (χ0n) is 11.5. The number of halogens is 2. The van der Waals surface area contributed by atoms with Gasteiger partial charge < -0.3 is 10.2 Å². The Morgan fingerprint density at radius 1 is 1.10 bits per heavy atom. The van der Waals surface area contributed by atoms with Crippen LogP contribution in [0.4, 0.5) is 26.1 Å². The SMILES string of the molecule is CCNc1nc(N(CC)c2ccccc2)c(F)cc1F. The van der Waals surface area contributed by atoms with Gasteiger partial charge >= 0.3 is 0 Å². The summed E-state index contributed by atoms with van der Waals surface area (Å²) in [4.78, 5) is 5.78. The maximum Gasteiger partial charge on any atom is 0.171 e. The van der Waals surface area contributed by atoms with Crippen molar-refractivity contribution in [3.63, 3.8) is 0 Å². The van der Waals surface area contributed by atoms with E-state index in [1.54, 1.807) is 4.90 Å². The molecule has 1 aromatic carbocycles. The molecule has 106 valence electrons. The van der Waals surface area contributed by atoms with Crippen LogP contribution in [0.25, 0.3) is 0 Å². The first-order valence-corrected chi connectivity index (χ1v) is 6.59. The van der Waals surface area contributed by atoms with Gasteiger partial charge in [0.25, 0.3) is 0 Å². The van der Waals surface area contributed by atoms with Crippen molar-refractivity contribution in [2.24, 2.45) is 0 Å². The zero-order chi connectivity index (χ0) is 14.5. The van der Waals surface area contributed by atoms with Crippen molar-refractivity contribution >= 4 is 17.3 Å². The van der Waals surface area contributed by atoms with Crippen LogP contribution in [0.5, 0.6) is 0 Å². The van der Waals surface area contributed by atoms with Gasteiger partial charge in [-0.1, -0.05) is 18.2 Å². The lowest BCUT2D eigenvalue weighted by Crippen LogP contribution is -2.20. The molecular formula is C15H17F2N3. The van der Waals surface area contributed by atoms with Gasteiger partial charge in [0.15, 0.2) is 23.3 Å². The second-order valence-electron chi connectivity index (χ2n) is 4.23. The fourth-order valence-corrected chi connectivity index (χ4v) is 2.00. The first kappa shape index (κ1) is 14.2. The van der Waals surface area contributed by atoms with Crippen molar-refractivity contribution in [3.8, 4) is 0 Å². The highest BCUT2D eigenvalue weighted by atomic mass is 19.1. The average Bonchev–Trinajstić information content (AvgIpc) is 2.45. The topological polar surface area (TPSA) is 28.2 Å². The number of para-hydroxylation sites is 1. The molecule has 5 heteroatoms. The first-order chi connectivity index (χ1) is 9.67. The summed E-state index contributed by atoms with van der Waals surface area (Å²) in [5.41, 5.74) is 0.815. The lowest BCUT2D eigenvalue weighted by molar-refractivity contribution is 0.575. The van der Waals surface area contributed by atoms with Crippen LogP contribution in [-0.4, -0.2) is 18.1 Å². The summed E-state index contributed by atoms with van der Waals surface area (Å²) in [5, 5.41) is 2.79. The quantitative estimate of drug-likeness (QED) is 0.897. The predicted octanol–water partition coefficient (Wildman–Crippen LogP) is 3.95. The van der Waals surface area contributed by atoms with E-state index in [0.717, 1.165) is 11.8 Å². The molecule has 0 aliphatic rings. The van der Waals surface area contributed by atoms with Crippen molar-refractivity contribution in [1.82, 2.24) is 4.98 Å². The van der Waals surface area contributed by atoms with Gasteiger partial charge in [0.2, 0.25) is 0 Å². The van der Waals surface area contributed by atoms with E-state index in [1.165, 1.54) is 0 Å². The van der Waals surface area contributed by atoms with E-state index in [-0.39, 0.29) is 11.6 Å². The monoisotopic (exact) mass is 277 g/mol. The Bertz CT molecular complexity index is 573. The minimum Gasteiger partial charge on any atom is -0.368 e. The van der Waals surface area contributed by atoms with Crippen LogP contribution in [0, 0.1) is 11.6 Å². The number of hydrogen-bond donors (Lipinski definition) is 1. The Morgan fingerprint density at radius 2 is 1.80 bits per heavy atom. The molecular weight excluding hydrogens is 260 g/mol. The van der Waals surface area contributed by atoms with Crippen LogP contribution >= 0.6 is 0 Å². The summed E-state index contributed by atoms with van der Waals surface area (Å²) in [5.74, 6) is -1.17. The first-order valence-electron chi connectivity index (χ1n) is 6.59. The van der Waals surface area contributed by atoms with Gasteiger partial charge in [-0.15, -0.1) is 0 Å². The molecule has 0 fully saturated rings. The van der Waals surface area contributed by atoms with E-state index in [0.29, 0.717) is 13.1 Å². The fraction of sp³-hybridized carbons (Fsp3) is 0.267. The number of benzene rings is 1. The van der Waals surface area contributed by atoms with Gasteiger partial charge in [-0.2, -0.15) is 0 Å². The Kier molecular flexibility index (Phi) is 4.50. The lowest BCUT2D eigenvalue weighted by atomic mass is 10.2. The minimum atomic E-state index is -0.683. The molecule has 0 spiro atoms. The molecule has 1 N–H and O–H groups in total. The van der Waals surface area contributed by atoms with Crippen molar-refractivity contribution in [2.45, 2.75) is 13.8 Å². The Morgan fingerprint density at radius 3 is 2.40 bits per heavy atom. The predicted molar refractivity (Wildman–Crippen MR) is 77.4 cm³/mol. The maximum absolute atomic E-state index is 14.0. The summed E-state index contributed by atoms with van der Waals surface area (Å²) < 4.78 is 27.6. The van der Waals surface area contributed by atoms with Crippen molar-refractivity contribution < 1.29 is 8.78 Å². The molecule has 1 heterocycles. The fourth-order valence-electron chi connectivity index (χ4n) is 2.00. The van der Waals surface area contributed by atoms with Gasteiger partial charge in [-0.25, -0.2) is 13.8 Å². The number of nitrogens with one attached hydrogen (secondary N) is 1. The molecule has 20 heavy (non-hydrogen) atoms. The highest BCUT2D eigenvalue weighted by Crippen LogP contribution is 2.28. The van der Waals surface area contributed by atoms with E-state index < -0.39 is 11.6 Å². The lowest BCUT2D eigenvalue weighted by Gasteiger charge is -2.23. The largest absolute Gasteiger partial charge is 0.368 e. The molecule has 1 aromatic heterocycles. The highest BCUT2D eigenvalue weighted by Gasteiger charge is 2.17. The number of nitrogens with zero attached hydrogens (tertiary/aromatic N) is 2. The molecule has 0 amide bonds. The molecule has 0 unspecified atom stereocenters. The number of anilines is 3. The molecule has 2 aromatic rings. The van der Waals surface area contributed by atoms with E-state index >= 15 is 0 Å². The highest BCUT2D eigenvalue weighted by molar-refractivity contribution is 5.62. The second kappa shape index (κ2) is 6.32. The zero-order valence-corrected chi connectivity index (χ0v) is 11.5. The Balaban J connectivity index is 2.46. The van der Waals surface area contributed by atoms with Crippen LogP contribution in [-0.2, 0) is 0 Å².